The third kappa shape index (κ3) is 6.45. The van der Waals surface area contributed by atoms with Crippen LogP contribution >= 0.6 is 24.0 Å². The van der Waals surface area contributed by atoms with Gasteiger partial charge in [0.25, 0.3) is 5.91 Å². The van der Waals surface area contributed by atoms with Gasteiger partial charge in [-0.3, -0.25) is 14.5 Å². The zero-order valence-corrected chi connectivity index (χ0v) is 20.3. The van der Waals surface area contributed by atoms with Gasteiger partial charge in [0.15, 0.2) is 0 Å². The number of hydrogen-bond donors (Lipinski definition) is 1. The van der Waals surface area contributed by atoms with Crippen molar-refractivity contribution >= 4 is 45.9 Å². The van der Waals surface area contributed by atoms with Crippen LogP contribution in [0.4, 0.5) is 0 Å². The largest absolute Gasteiger partial charge is 0.490 e. The van der Waals surface area contributed by atoms with E-state index in [1.165, 1.54) is 35.9 Å². The van der Waals surface area contributed by atoms with E-state index in [4.69, 9.17) is 22.1 Å². The van der Waals surface area contributed by atoms with Gasteiger partial charge < -0.3 is 9.84 Å². The van der Waals surface area contributed by atoms with E-state index >= 15 is 0 Å². The van der Waals surface area contributed by atoms with Gasteiger partial charge in [-0.25, -0.2) is 0 Å². The fourth-order valence-electron chi connectivity index (χ4n) is 3.96. The Morgan fingerprint density at radius 3 is 2.56 bits per heavy atom. The van der Waals surface area contributed by atoms with E-state index in [9.17, 15) is 9.59 Å². The molecule has 2 aliphatic rings. The van der Waals surface area contributed by atoms with E-state index in [0.29, 0.717) is 22.2 Å². The summed E-state index contributed by atoms with van der Waals surface area (Å²) in [6, 6.07) is 10.1. The van der Waals surface area contributed by atoms with Crippen LogP contribution in [-0.2, 0) is 14.3 Å². The van der Waals surface area contributed by atoms with Gasteiger partial charge in [-0.15, -0.1) is 0 Å². The highest BCUT2D eigenvalue weighted by Crippen LogP contribution is 2.37. The zero-order chi connectivity index (χ0) is 23.1. The van der Waals surface area contributed by atoms with Gasteiger partial charge in [0.2, 0.25) is 0 Å². The number of carboxylic acid groups (broad SMARTS) is 1. The Hall–Kier alpha value is -2.12. The van der Waals surface area contributed by atoms with Gasteiger partial charge in [0, 0.05) is 18.5 Å². The molecule has 1 heterocycles. The summed E-state index contributed by atoms with van der Waals surface area (Å²) in [7, 11) is 0. The second kappa shape index (κ2) is 11.7. The molecule has 2 fully saturated rings. The molecule has 0 bridgehead atoms. The molecule has 1 aliphatic carbocycles. The molecule has 5 nitrogen and oxygen atoms in total. The topological polar surface area (TPSA) is 66.8 Å². The molecule has 1 saturated carbocycles. The van der Waals surface area contributed by atoms with Crippen LogP contribution in [0.25, 0.3) is 5.76 Å². The van der Waals surface area contributed by atoms with Crippen LogP contribution in [0.3, 0.4) is 0 Å². The monoisotopic (exact) mass is 473 g/mol. The molecular weight excluding hydrogens is 442 g/mol. The predicted molar refractivity (Wildman–Crippen MR) is 133 cm³/mol. The fraction of sp³-hybridized carbons (Fsp3) is 0.480. The van der Waals surface area contributed by atoms with Gasteiger partial charge >= 0.3 is 5.97 Å². The van der Waals surface area contributed by atoms with Crippen LogP contribution in [0.15, 0.2) is 46.9 Å². The Morgan fingerprint density at radius 1 is 1.25 bits per heavy atom. The first-order valence-corrected chi connectivity index (χ1v) is 12.5. The van der Waals surface area contributed by atoms with E-state index in [2.05, 4.69) is 13.8 Å². The van der Waals surface area contributed by atoms with E-state index in [1.807, 2.05) is 36.4 Å². The van der Waals surface area contributed by atoms with E-state index < -0.39 is 5.97 Å². The van der Waals surface area contributed by atoms with E-state index in [0.717, 1.165) is 29.7 Å². The molecule has 1 aliphatic heterocycles. The zero-order valence-electron chi connectivity index (χ0n) is 18.7. The number of hydrogen-bond acceptors (Lipinski definition) is 5. The lowest BCUT2D eigenvalue weighted by atomic mass is 9.95. The van der Waals surface area contributed by atoms with E-state index in [-0.39, 0.29) is 24.3 Å². The molecular formula is C25H31NO4S2. The number of rotatable bonds is 9. The van der Waals surface area contributed by atoms with Crippen molar-refractivity contribution in [2.24, 2.45) is 5.92 Å². The third-order valence-electron chi connectivity index (χ3n) is 5.69. The summed E-state index contributed by atoms with van der Waals surface area (Å²) in [5, 5.41) is 8.88. The molecule has 1 saturated heterocycles. The molecule has 0 unspecified atom stereocenters. The molecule has 0 spiro atoms. The minimum Gasteiger partial charge on any atom is -0.490 e. The highest BCUT2D eigenvalue weighted by atomic mass is 32.2. The Morgan fingerprint density at radius 2 is 1.94 bits per heavy atom. The maximum atomic E-state index is 13.0. The normalized spacial score (nSPS) is 19.6. The molecule has 7 heteroatoms. The fourth-order valence-corrected chi connectivity index (χ4v) is 5.26. The Bertz CT molecular complexity index is 902. The molecule has 3 rings (SSSR count). The van der Waals surface area contributed by atoms with Crippen LogP contribution < -0.4 is 0 Å². The SMILES string of the molecule is CC(C)C(C=C1SC(=S)N(CCCC(=O)O)C1=O)=C(OC1CCCCC1)c1ccccc1. The molecule has 0 aromatic heterocycles. The van der Waals surface area contributed by atoms with Gasteiger partial charge in [0.1, 0.15) is 10.1 Å². The lowest BCUT2D eigenvalue weighted by Crippen LogP contribution is -2.29. The van der Waals surface area contributed by atoms with Gasteiger partial charge in [-0.05, 0) is 49.7 Å². The number of nitrogens with zero attached hydrogens (tertiary/aromatic N) is 1. The first-order chi connectivity index (χ1) is 15.4. The number of carbonyl (C=O) groups is 2. The number of ether oxygens (including phenoxy) is 1. The van der Waals surface area contributed by atoms with Gasteiger partial charge in [-0.2, -0.15) is 0 Å². The molecule has 0 atom stereocenters. The smallest absolute Gasteiger partial charge is 0.303 e. The summed E-state index contributed by atoms with van der Waals surface area (Å²) in [6.45, 7) is 4.53. The van der Waals surface area contributed by atoms with Crippen molar-refractivity contribution < 1.29 is 19.4 Å². The number of benzene rings is 1. The van der Waals surface area contributed by atoms with Crippen molar-refractivity contribution in [1.29, 1.82) is 0 Å². The summed E-state index contributed by atoms with van der Waals surface area (Å²) in [4.78, 5) is 25.9. The molecule has 1 N–H and O–H groups in total. The number of allylic oxidation sites excluding steroid dienone is 2. The number of carbonyl (C=O) groups excluding carboxylic acids is 1. The van der Waals surface area contributed by atoms with Crippen LogP contribution in [0.1, 0.15) is 64.4 Å². The van der Waals surface area contributed by atoms with Crippen LogP contribution in [-0.4, -0.2) is 38.9 Å². The van der Waals surface area contributed by atoms with E-state index in [1.54, 1.807) is 0 Å². The predicted octanol–water partition coefficient (Wildman–Crippen LogP) is 6.01. The molecule has 1 aromatic rings. The number of thiocarbonyl (C=S) groups is 1. The minimum absolute atomic E-state index is 0.0145. The summed E-state index contributed by atoms with van der Waals surface area (Å²) >= 11 is 6.69. The lowest BCUT2D eigenvalue weighted by Gasteiger charge is -2.27. The first kappa shape index (κ1) is 24.5. The highest BCUT2D eigenvalue weighted by Gasteiger charge is 2.32. The standard InChI is InChI=1S/C25H31NO4S2/c1-17(2)20(16-21-24(29)26(25(31)32-21)15-9-14-22(27)28)23(18-10-5-3-6-11-18)30-19-12-7-4-8-13-19/h3,5-6,10-11,16-17,19H,4,7-9,12-15H2,1-2H3,(H,27,28). The maximum Gasteiger partial charge on any atom is 0.303 e. The van der Waals surface area contributed by atoms with Crippen LogP contribution in [0.2, 0.25) is 0 Å². The molecule has 32 heavy (non-hydrogen) atoms. The average molecular weight is 474 g/mol. The Kier molecular flexibility index (Phi) is 8.93. The minimum atomic E-state index is -0.872. The summed E-state index contributed by atoms with van der Waals surface area (Å²) in [5.41, 5.74) is 1.99. The average Bonchev–Trinajstić information content (AvgIpc) is 3.04. The van der Waals surface area contributed by atoms with Crippen molar-refractivity contribution in [1.82, 2.24) is 4.90 Å². The molecule has 0 radical (unpaired) electrons. The number of aliphatic carboxylic acids is 1. The second-order valence-corrected chi connectivity index (χ2v) is 10.2. The summed E-state index contributed by atoms with van der Waals surface area (Å²) in [6.07, 6.45) is 8.21. The van der Waals surface area contributed by atoms with Crippen molar-refractivity contribution in [3.8, 4) is 0 Å². The highest BCUT2D eigenvalue weighted by molar-refractivity contribution is 8.26. The lowest BCUT2D eigenvalue weighted by molar-refractivity contribution is -0.137. The first-order valence-electron chi connectivity index (χ1n) is 11.3. The Labute approximate surface area is 199 Å². The second-order valence-electron chi connectivity index (χ2n) is 8.51. The molecule has 1 amide bonds. The summed E-state index contributed by atoms with van der Waals surface area (Å²) in [5.74, 6) is -0.0510. The molecule has 172 valence electrons. The quantitative estimate of drug-likeness (QED) is 0.269. The Balaban J connectivity index is 1.93. The van der Waals surface area contributed by atoms with Crippen LogP contribution in [0, 0.1) is 5.92 Å². The maximum absolute atomic E-state index is 13.0. The van der Waals surface area contributed by atoms with Gasteiger partial charge in [-0.1, -0.05) is 74.6 Å². The summed E-state index contributed by atoms with van der Waals surface area (Å²) < 4.78 is 7.07. The molecule has 1 aromatic carbocycles. The number of carboxylic acids is 1. The third-order valence-corrected chi connectivity index (χ3v) is 7.07. The van der Waals surface area contributed by atoms with Crippen molar-refractivity contribution in [2.45, 2.75) is 64.9 Å². The van der Waals surface area contributed by atoms with Gasteiger partial charge in [0.05, 0.1) is 11.0 Å². The number of thioether (sulfide) groups is 1. The van der Waals surface area contributed by atoms with Crippen molar-refractivity contribution in [2.75, 3.05) is 6.54 Å². The van der Waals surface area contributed by atoms with Crippen LogP contribution in [0.5, 0.6) is 0 Å². The van der Waals surface area contributed by atoms with Crippen molar-refractivity contribution in [3.05, 3.63) is 52.4 Å². The van der Waals surface area contributed by atoms with Crippen molar-refractivity contribution in [3.63, 3.8) is 0 Å². The number of amides is 1.